The predicted octanol–water partition coefficient (Wildman–Crippen LogP) is 4.31. The minimum absolute atomic E-state index is 0.0485. The zero-order valence-corrected chi connectivity index (χ0v) is 14.0. The summed E-state index contributed by atoms with van der Waals surface area (Å²) in [5.74, 6) is -0.219. The number of hydrogen-bond donors (Lipinski definition) is 1. The molecule has 2 aromatic rings. The zero-order chi connectivity index (χ0) is 14.9. The van der Waals surface area contributed by atoms with Crippen LogP contribution in [0.3, 0.4) is 0 Å². The zero-order valence-electron chi connectivity index (χ0n) is 10.1. The fourth-order valence-electron chi connectivity index (χ4n) is 1.69. The third-order valence-electron chi connectivity index (χ3n) is 2.65. The maximum Gasteiger partial charge on any atom is 0.184 e. The Kier molecular flexibility index (Phi) is 4.64. The van der Waals surface area contributed by atoms with Crippen molar-refractivity contribution in [2.75, 3.05) is 5.73 Å². The molecule has 0 aliphatic rings. The Labute approximate surface area is 135 Å². The van der Waals surface area contributed by atoms with Gasteiger partial charge in [0.2, 0.25) is 0 Å². The molecule has 0 heterocycles. The summed E-state index contributed by atoms with van der Waals surface area (Å²) < 4.78 is 25.5. The average molecular weight is 395 g/mol. The van der Waals surface area contributed by atoms with Crippen LogP contribution in [0.4, 0.5) is 5.69 Å². The highest BCUT2D eigenvalue weighted by atomic mass is 79.9. The van der Waals surface area contributed by atoms with Crippen molar-refractivity contribution in [2.24, 2.45) is 0 Å². The molecule has 20 heavy (non-hydrogen) atoms. The second-order valence-electron chi connectivity index (χ2n) is 4.18. The van der Waals surface area contributed by atoms with Crippen LogP contribution in [-0.2, 0) is 15.6 Å². The van der Waals surface area contributed by atoms with Crippen molar-refractivity contribution in [3.05, 3.63) is 56.5 Å². The fourth-order valence-corrected chi connectivity index (χ4v) is 4.50. The van der Waals surface area contributed by atoms with E-state index in [0.29, 0.717) is 16.3 Å². The molecule has 0 aliphatic carbocycles. The summed E-state index contributed by atoms with van der Waals surface area (Å²) in [7, 11) is -3.58. The average Bonchev–Trinajstić information content (AvgIpc) is 2.32. The van der Waals surface area contributed by atoms with Crippen LogP contribution in [0.2, 0.25) is 10.0 Å². The minimum atomic E-state index is -3.58. The number of sulfone groups is 1. The van der Waals surface area contributed by atoms with Crippen molar-refractivity contribution in [3.8, 4) is 0 Å². The predicted molar refractivity (Wildman–Crippen MR) is 85.9 cm³/mol. The van der Waals surface area contributed by atoms with E-state index in [4.69, 9.17) is 28.9 Å². The van der Waals surface area contributed by atoms with Gasteiger partial charge < -0.3 is 5.73 Å². The number of anilines is 1. The Morgan fingerprint density at radius 1 is 1.05 bits per heavy atom. The first-order valence-corrected chi connectivity index (χ1v) is 8.71. The van der Waals surface area contributed by atoms with Crippen LogP contribution in [0.5, 0.6) is 0 Å². The van der Waals surface area contributed by atoms with Crippen molar-refractivity contribution >= 4 is 54.7 Å². The molecule has 0 aromatic heterocycles. The number of halogens is 3. The molecule has 0 saturated heterocycles. The molecule has 0 atom stereocenters. The lowest BCUT2D eigenvalue weighted by molar-refractivity contribution is 0.595. The number of rotatable bonds is 3. The topological polar surface area (TPSA) is 60.2 Å². The molecule has 2 rings (SSSR count). The molecular weight excluding hydrogens is 385 g/mol. The number of nitrogen functional groups attached to an aromatic ring is 1. The van der Waals surface area contributed by atoms with Gasteiger partial charge >= 0.3 is 0 Å². The smallest absolute Gasteiger partial charge is 0.184 e. The Hall–Kier alpha value is -0.750. The van der Waals surface area contributed by atoms with Gasteiger partial charge in [0.15, 0.2) is 9.84 Å². The van der Waals surface area contributed by atoms with Gasteiger partial charge in [-0.1, -0.05) is 45.2 Å². The normalized spacial score (nSPS) is 11.6. The van der Waals surface area contributed by atoms with E-state index in [2.05, 4.69) is 15.9 Å². The van der Waals surface area contributed by atoms with Crippen molar-refractivity contribution in [2.45, 2.75) is 10.6 Å². The molecule has 3 nitrogen and oxygen atoms in total. The largest absolute Gasteiger partial charge is 0.399 e. The van der Waals surface area contributed by atoms with Crippen LogP contribution in [0.25, 0.3) is 0 Å². The summed E-state index contributed by atoms with van der Waals surface area (Å²) in [5, 5.41) is 0.493. The molecule has 0 radical (unpaired) electrons. The lowest BCUT2D eigenvalue weighted by atomic mass is 10.2. The van der Waals surface area contributed by atoms with Gasteiger partial charge in [0.05, 0.1) is 15.7 Å². The van der Waals surface area contributed by atoms with Gasteiger partial charge in [-0.3, -0.25) is 0 Å². The molecular formula is C13H10BrCl2NO2S. The first kappa shape index (κ1) is 15.6. The summed E-state index contributed by atoms with van der Waals surface area (Å²) in [4.78, 5) is 0.0485. The summed E-state index contributed by atoms with van der Waals surface area (Å²) in [6, 6.07) is 9.37. The van der Waals surface area contributed by atoms with Crippen LogP contribution >= 0.6 is 39.1 Å². The van der Waals surface area contributed by atoms with E-state index in [9.17, 15) is 8.42 Å². The molecule has 0 bridgehead atoms. The molecule has 2 aromatic carbocycles. The van der Waals surface area contributed by atoms with Gasteiger partial charge in [0.25, 0.3) is 0 Å². The molecule has 106 valence electrons. The summed E-state index contributed by atoms with van der Waals surface area (Å²) in [6.07, 6.45) is 0. The maximum absolute atomic E-state index is 12.4. The van der Waals surface area contributed by atoms with Gasteiger partial charge in [-0.05, 0) is 35.9 Å². The lowest BCUT2D eigenvalue weighted by Gasteiger charge is -2.09. The Balaban J connectivity index is 2.41. The van der Waals surface area contributed by atoms with Gasteiger partial charge in [0.1, 0.15) is 0 Å². The van der Waals surface area contributed by atoms with Crippen LogP contribution in [0, 0.1) is 0 Å². The van der Waals surface area contributed by atoms with E-state index in [1.54, 1.807) is 18.2 Å². The Morgan fingerprint density at radius 3 is 2.35 bits per heavy atom. The summed E-state index contributed by atoms with van der Waals surface area (Å²) >= 11 is 15.3. The van der Waals surface area contributed by atoms with Gasteiger partial charge in [-0.2, -0.15) is 0 Å². The van der Waals surface area contributed by atoms with Crippen molar-refractivity contribution in [1.29, 1.82) is 0 Å². The molecule has 0 spiro atoms. The Morgan fingerprint density at radius 2 is 1.75 bits per heavy atom. The monoisotopic (exact) mass is 393 g/mol. The van der Waals surface area contributed by atoms with Gasteiger partial charge in [-0.15, -0.1) is 0 Å². The van der Waals surface area contributed by atoms with E-state index < -0.39 is 9.84 Å². The molecule has 0 saturated carbocycles. The quantitative estimate of drug-likeness (QED) is 0.789. The molecule has 0 fully saturated rings. The first-order chi connectivity index (χ1) is 9.29. The van der Waals surface area contributed by atoms with Crippen molar-refractivity contribution in [3.63, 3.8) is 0 Å². The SMILES string of the molecule is Nc1ccc(S(=O)(=O)Cc2ccc(Br)cc2Cl)c(Cl)c1. The van der Waals surface area contributed by atoms with E-state index >= 15 is 0 Å². The maximum atomic E-state index is 12.4. The van der Waals surface area contributed by atoms with Crippen LogP contribution in [-0.4, -0.2) is 8.42 Å². The third-order valence-corrected chi connectivity index (χ3v) is 5.64. The second-order valence-corrected chi connectivity index (χ2v) is 7.87. The van der Waals surface area contributed by atoms with Crippen LogP contribution in [0.15, 0.2) is 45.8 Å². The minimum Gasteiger partial charge on any atom is -0.399 e. The number of nitrogens with two attached hydrogens (primary N) is 1. The van der Waals surface area contributed by atoms with E-state index in [1.165, 1.54) is 18.2 Å². The standard InChI is InChI=1S/C13H10BrCl2NO2S/c14-9-2-1-8(11(15)5-9)7-20(18,19)13-4-3-10(17)6-12(13)16/h1-6H,7,17H2. The lowest BCUT2D eigenvalue weighted by Crippen LogP contribution is -2.06. The second kappa shape index (κ2) is 5.93. The van der Waals surface area contributed by atoms with Crippen LogP contribution in [0.1, 0.15) is 5.56 Å². The van der Waals surface area contributed by atoms with E-state index in [0.717, 1.165) is 4.47 Å². The molecule has 2 N–H and O–H groups in total. The molecule has 0 unspecified atom stereocenters. The van der Waals surface area contributed by atoms with Gasteiger partial charge in [0, 0.05) is 15.2 Å². The van der Waals surface area contributed by atoms with Gasteiger partial charge in [-0.25, -0.2) is 8.42 Å². The van der Waals surface area contributed by atoms with E-state index in [1.807, 2.05) is 0 Å². The molecule has 7 heteroatoms. The number of hydrogen-bond acceptors (Lipinski definition) is 3. The van der Waals surface area contributed by atoms with Crippen molar-refractivity contribution < 1.29 is 8.42 Å². The Bertz CT molecular complexity index is 763. The molecule has 0 aliphatic heterocycles. The number of benzene rings is 2. The molecule has 0 amide bonds. The third kappa shape index (κ3) is 3.47. The summed E-state index contributed by atoms with van der Waals surface area (Å²) in [6.45, 7) is 0. The van der Waals surface area contributed by atoms with E-state index in [-0.39, 0.29) is 15.7 Å². The van der Waals surface area contributed by atoms with Crippen molar-refractivity contribution in [1.82, 2.24) is 0 Å². The highest BCUT2D eigenvalue weighted by molar-refractivity contribution is 9.10. The fraction of sp³-hybridized carbons (Fsp3) is 0.0769. The first-order valence-electron chi connectivity index (χ1n) is 5.51. The highest BCUT2D eigenvalue weighted by Gasteiger charge is 2.20. The van der Waals surface area contributed by atoms with Crippen LogP contribution < -0.4 is 5.73 Å². The summed E-state index contributed by atoms with van der Waals surface area (Å²) in [5.41, 5.74) is 6.49. The highest BCUT2D eigenvalue weighted by Crippen LogP contribution is 2.29.